The molecule has 5 rings (SSSR count). The Morgan fingerprint density at radius 2 is 1.81 bits per heavy atom. The quantitative estimate of drug-likeness (QED) is 0.416. The third kappa shape index (κ3) is 8.17. The first-order chi connectivity index (χ1) is 22.2. The van der Waals surface area contributed by atoms with Gasteiger partial charge in [-0.1, -0.05) is 51.1 Å². The van der Waals surface area contributed by atoms with E-state index in [-0.39, 0.29) is 23.8 Å². The van der Waals surface area contributed by atoms with E-state index in [0.717, 1.165) is 16.5 Å². The summed E-state index contributed by atoms with van der Waals surface area (Å²) in [5.41, 5.74) is 4.04. The highest BCUT2D eigenvalue weighted by Crippen LogP contribution is 2.27. The molecule has 4 atom stereocenters. The molecule has 3 aliphatic rings. The van der Waals surface area contributed by atoms with Crippen LogP contribution in [0.15, 0.2) is 36.4 Å². The van der Waals surface area contributed by atoms with Crippen LogP contribution in [0.2, 0.25) is 0 Å². The average molecular weight is 650 g/mol. The maximum absolute atomic E-state index is 13.9. The van der Waals surface area contributed by atoms with Gasteiger partial charge in [-0.2, -0.15) is 0 Å². The molecule has 5 bridgehead atoms. The number of esters is 1. The molecule has 12 nitrogen and oxygen atoms in total. The molecule has 0 radical (unpaired) electrons. The van der Waals surface area contributed by atoms with Crippen molar-refractivity contribution < 1.29 is 33.4 Å². The van der Waals surface area contributed by atoms with Crippen LogP contribution in [0.5, 0.6) is 0 Å². The first-order valence-corrected chi connectivity index (χ1v) is 16.4. The van der Waals surface area contributed by atoms with Crippen molar-refractivity contribution in [3.8, 4) is 0 Å². The van der Waals surface area contributed by atoms with Crippen molar-refractivity contribution in [2.45, 2.75) is 78.6 Å². The second-order valence-corrected chi connectivity index (χ2v) is 14.2. The van der Waals surface area contributed by atoms with E-state index in [1.165, 1.54) is 5.01 Å². The number of amides is 3. The highest BCUT2D eigenvalue weighted by atomic mass is 16.5. The largest absolute Gasteiger partial charge is 0.455 e. The second-order valence-electron chi connectivity index (χ2n) is 14.2. The molecule has 0 aliphatic carbocycles. The van der Waals surface area contributed by atoms with Crippen molar-refractivity contribution in [2.24, 2.45) is 16.7 Å². The van der Waals surface area contributed by atoms with Gasteiger partial charge in [-0.25, -0.2) is 10.4 Å². The molecule has 4 heterocycles. The Morgan fingerprint density at radius 1 is 1.06 bits per heavy atom. The number of hydrogen-bond donors (Lipinski definition) is 3. The SMILES string of the molecule is CC(C)[C@@H]1NC(=O)C(C)(C)/C=C/c2ccc3ccc(nc3c2)[C@@H](C)OC(=O)C2CCCN(N2)C(=O)[C@H](COCC2(C)COC2)NC1=O. The van der Waals surface area contributed by atoms with E-state index in [4.69, 9.17) is 19.2 Å². The van der Waals surface area contributed by atoms with Crippen LogP contribution < -0.4 is 16.1 Å². The maximum Gasteiger partial charge on any atom is 0.325 e. The van der Waals surface area contributed by atoms with Gasteiger partial charge in [0.2, 0.25) is 11.8 Å². The number of cyclic esters (lactones) is 1. The van der Waals surface area contributed by atoms with Crippen LogP contribution in [0.4, 0.5) is 0 Å². The smallest absolute Gasteiger partial charge is 0.325 e. The molecule has 0 spiro atoms. The average Bonchev–Trinajstić information content (AvgIpc) is 3.03. The summed E-state index contributed by atoms with van der Waals surface area (Å²) in [5, 5.41) is 8.04. The van der Waals surface area contributed by atoms with Crippen LogP contribution in [0, 0.1) is 16.7 Å². The highest BCUT2D eigenvalue weighted by molar-refractivity contribution is 5.94. The van der Waals surface area contributed by atoms with Gasteiger partial charge in [0.05, 0.1) is 43.1 Å². The van der Waals surface area contributed by atoms with Crippen molar-refractivity contribution in [1.29, 1.82) is 0 Å². The normalized spacial score (nSPS) is 27.5. The van der Waals surface area contributed by atoms with E-state index in [1.54, 1.807) is 26.8 Å². The van der Waals surface area contributed by atoms with Gasteiger partial charge >= 0.3 is 5.97 Å². The van der Waals surface area contributed by atoms with Crippen molar-refractivity contribution in [2.75, 3.05) is 33.0 Å². The first-order valence-electron chi connectivity index (χ1n) is 16.4. The predicted molar refractivity (Wildman–Crippen MR) is 175 cm³/mol. The summed E-state index contributed by atoms with van der Waals surface area (Å²) in [6.45, 7) is 12.7. The van der Waals surface area contributed by atoms with Gasteiger partial charge in [-0.05, 0) is 57.2 Å². The summed E-state index contributed by atoms with van der Waals surface area (Å²) in [4.78, 5) is 59.3. The van der Waals surface area contributed by atoms with Crippen LogP contribution in [-0.4, -0.2) is 84.8 Å². The topological polar surface area (TPSA) is 148 Å². The molecule has 0 saturated carbocycles. The molecule has 47 heavy (non-hydrogen) atoms. The van der Waals surface area contributed by atoms with Gasteiger partial charge in [-0.3, -0.25) is 24.2 Å². The maximum atomic E-state index is 13.9. The highest BCUT2D eigenvalue weighted by Gasteiger charge is 2.38. The molecule has 3 N–H and O–H groups in total. The Hall–Kier alpha value is -3.87. The minimum Gasteiger partial charge on any atom is -0.455 e. The predicted octanol–water partition coefficient (Wildman–Crippen LogP) is 3.07. The lowest BCUT2D eigenvalue weighted by atomic mass is 9.89. The molecular formula is C35H47N5O7. The van der Waals surface area contributed by atoms with Crippen LogP contribution in [0.25, 0.3) is 17.0 Å². The van der Waals surface area contributed by atoms with Crippen LogP contribution >= 0.6 is 0 Å². The van der Waals surface area contributed by atoms with E-state index in [2.05, 4.69) is 16.1 Å². The van der Waals surface area contributed by atoms with E-state index >= 15 is 0 Å². The molecule has 254 valence electrons. The number of pyridine rings is 1. The minimum atomic E-state index is -1.07. The Balaban J connectivity index is 1.46. The molecule has 2 aromatic rings. The lowest BCUT2D eigenvalue weighted by molar-refractivity contribution is -0.159. The molecular weight excluding hydrogens is 602 g/mol. The molecule has 3 aliphatic heterocycles. The van der Waals surface area contributed by atoms with E-state index in [1.807, 2.05) is 57.2 Å². The van der Waals surface area contributed by atoms with Crippen molar-refractivity contribution in [1.82, 2.24) is 26.1 Å². The fourth-order valence-electron chi connectivity index (χ4n) is 5.74. The third-order valence-corrected chi connectivity index (χ3v) is 8.95. The Bertz CT molecular complexity index is 1540. The van der Waals surface area contributed by atoms with Gasteiger partial charge in [0, 0.05) is 17.3 Å². The zero-order valence-corrected chi connectivity index (χ0v) is 28.1. The molecule has 2 fully saturated rings. The standard InChI is InChI=1S/C35H47N5O7/c1-21(2)29-30(41)37-28(17-45-18-35(6)19-46-20-35)31(42)40-15-7-8-26(39-40)32(43)47-22(3)25-12-11-24-10-9-23(16-27(24)36-25)13-14-34(4,5)33(44)38-29/h9-14,16,21-22,26,28-29,39H,7-8,15,17-20H2,1-6H3,(H,37,41)(H,38,44)/b14-13+/t22-,26?,28+,29+/m1/s1. The van der Waals surface area contributed by atoms with Crippen LogP contribution in [0.3, 0.4) is 0 Å². The number of hydrogen-bond acceptors (Lipinski definition) is 9. The number of ether oxygens (including phenoxy) is 3. The first kappa shape index (κ1) is 34.5. The molecule has 2 saturated heterocycles. The zero-order valence-electron chi connectivity index (χ0n) is 28.1. The fourth-order valence-corrected chi connectivity index (χ4v) is 5.74. The van der Waals surface area contributed by atoms with E-state index in [9.17, 15) is 19.2 Å². The number of fused-ring (bicyclic) bond motifs is 4. The summed E-state index contributed by atoms with van der Waals surface area (Å²) >= 11 is 0. The summed E-state index contributed by atoms with van der Waals surface area (Å²) in [6, 6.07) is 6.80. The van der Waals surface area contributed by atoms with Gasteiger partial charge in [0.15, 0.2) is 0 Å². The lowest BCUT2D eigenvalue weighted by Crippen LogP contribution is -2.63. The fraction of sp³-hybridized carbons (Fsp3) is 0.571. The third-order valence-electron chi connectivity index (χ3n) is 8.95. The van der Waals surface area contributed by atoms with Gasteiger partial charge in [0.1, 0.15) is 24.2 Å². The Kier molecular flexibility index (Phi) is 10.3. The number of carbonyl (C=O) groups excluding carboxylic acids is 4. The molecule has 1 aromatic carbocycles. The molecule has 12 heteroatoms. The van der Waals surface area contributed by atoms with Gasteiger partial charge in [0.25, 0.3) is 5.91 Å². The van der Waals surface area contributed by atoms with Crippen molar-refractivity contribution >= 4 is 40.7 Å². The second kappa shape index (κ2) is 14.1. The monoisotopic (exact) mass is 649 g/mol. The van der Waals surface area contributed by atoms with Gasteiger partial charge < -0.3 is 24.8 Å². The number of nitrogens with zero attached hydrogens (tertiary/aromatic N) is 2. The number of carbonyl (C=O) groups is 4. The Morgan fingerprint density at radius 3 is 2.51 bits per heavy atom. The lowest BCUT2D eigenvalue weighted by Gasteiger charge is -2.38. The molecule has 3 amide bonds. The number of hydrazine groups is 1. The van der Waals surface area contributed by atoms with E-state index < -0.39 is 47.4 Å². The summed E-state index contributed by atoms with van der Waals surface area (Å²) in [6.07, 6.45) is 4.03. The Labute approximate surface area is 275 Å². The zero-order chi connectivity index (χ0) is 33.9. The summed E-state index contributed by atoms with van der Waals surface area (Å²) < 4.78 is 17.1. The number of benzene rings is 1. The number of nitrogens with one attached hydrogen (secondary N) is 3. The number of aromatic nitrogens is 1. The van der Waals surface area contributed by atoms with Gasteiger partial charge in [-0.15, -0.1) is 0 Å². The number of rotatable bonds is 5. The van der Waals surface area contributed by atoms with E-state index in [0.29, 0.717) is 44.9 Å². The summed E-state index contributed by atoms with van der Waals surface area (Å²) in [5.74, 6) is -2.07. The summed E-state index contributed by atoms with van der Waals surface area (Å²) in [7, 11) is 0. The van der Waals surface area contributed by atoms with Crippen molar-refractivity contribution in [3.05, 3.63) is 47.7 Å². The van der Waals surface area contributed by atoms with Crippen LogP contribution in [0.1, 0.15) is 71.7 Å². The van der Waals surface area contributed by atoms with Crippen LogP contribution in [-0.2, 0) is 33.4 Å². The minimum absolute atomic E-state index is 0.0931. The van der Waals surface area contributed by atoms with Crippen molar-refractivity contribution in [3.63, 3.8) is 0 Å². The molecule has 1 unspecified atom stereocenters. The molecule has 1 aromatic heterocycles.